The second kappa shape index (κ2) is 5.33. The van der Waals surface area contributed by atoms with Crippen LogP contribution in [0.1, 0.15) is 12.8 Å². The lowest BCUT2D eigenvalue weighted by Gasteiger charge is -2.18. The Morgan fingerprint density at radius 1 is 1.21 bits per heavy atom. The predicted molar refractivity (Wildman–Crippen MR) is 66.8 cm³/mol. The molecule has 0 fully saturated rings. The summed E-state index contributed by atoms with van der Waals surface area (Å²) >= 11 is 6.15. The van der Waals surface area contributed by atoms with Crippen molar-refractivity contribution in [2.24, 2.45) is 0 Å². The molecule has 2 nitrogen and oxygen atoms in total. The first-order chi connectivity index (χ1) is 6.10. The standard InChI is InChI=1S/C9H21ClO2Si2/c1-13(2,3)12-9(11)7-6-8-14(4,5)10/h6-8H2,1-5H3. The highest BCUT2D eigenvalue weighted by atomic mass is 35.6. The van der Waals surface area contributed by atoms with Crippen molar-refractivity contribution in [2.45, 2.75) is 51.6 Å². The lowest BCUT2D eigenvalue weighted by Crippen LogP contribution is -2.29. The van der Waals surface area contributed by atoms with E-state index in [2.05, 4.69) is 13.1 Å². The van der Waals surface area contributed by atoms with Crippen LogP contribution in [0.5, 0.6) is 0 Å². The molecule has 0 atom stereocenters. The number of carbonyl (C=O) groups excluding carboxylic acids is 1. The molecule has 5 heteroatoms. The van der Waals surface area contributed by atoms with Gasteiger partial charge in [-0.05, 0) is 32.1 Å². The fraction of sp³-hybridized carbons (Fsp3) is 0.889. The number of hydrogen-bond acceptors (Lipinski definition) is 2. The van der Waals surface area contributed by atoms with Crippen LogP contribution < -0.4 is 0 Å². The van der Waals surface area contributed by atoms with Gasteiger partial charge in [0.2, 0.25) is 8.32 Å². The number of halogens is 1. The molecule has 0 aromatic rings. The highest BCUT2D eigenvalue weighted by Crippen LogP contribution is 2.18. The maximum absolute atomic E-state index is 11.3. The van der Waals surface area contributed by atoms with Gasteiger partial charge in [-0.15, -0.1) is 0 Å². The highest BCUT2D eigenvalue weighted by Gasteiger charge is 2.21. The quantitative estimate of drug-likeness (QED) is 0.552. The van der Waals surface area contributed by atoms with E-state index in [0.29, 0.717) is 6.42 Å². The predicted octanol–water partition coefficient (Wildman–Crippen LogP) is 3.59. The molecule has 0 amide bonds. The molecule has 0 spiro atoms. The highest BCUT2D eigenvalue weighted by molar-refractivity contribution is 7.19. The molecule has 0 aromatic heterocycles. The van der Waals surface area contributed by atoms with Gasteiger partial charge < -0.3 is 4.43 Å². The average Bonchev–Trinajstić information content (AvgIpc) is 1.78. The van der Waals surface area contributed by atoms with Crippen molar-refractivity contribution in [2.75, 3.05) is 0 Å². The maximum atomic E-state index is 11.3. The third kappa shape index (κ3) is 10.3. The third-order valence-corrected chi connectivity index (χ3v) is 4.52. The summed E-state index contributed by atoms with van der Waals surface area (Å²) in [5.41, 5.74) is 0. The van der Waals surface area contributed by atoms with Crippen LogP contribution in [0.3, 0.4) is 0 Å². The van der Waals surface area contributed by atoms with Gasteiger partial charge in [-0.2, -0.15) is 11.1 Å². The summed E-state index contributed by atoms with van der Waals surface area (Å²) in [5.74, 6) is -0.0564. The second-order valence-electron chi connectivity index (χ2n) is 5.16. The van der Waals surface area contributed by atoms with Crippen molar-refractivity contribution in [1.29, 1.82) is 0 Å². The van der Waals surface area contributed by atoms with E-state index in [0.717, 1.165) is 12.5 Å². The maximum Gasteiger partial charge on any atom is 0.292 e. The Morgan fingerprint density at radius 2 is 1.71 bits per heavy atom. The Kier molecular flexibility index (Phi) is 5.40. The fourth-order valence-electron chi connectivity index (χ4n) is 1.05. The van der Waals surface area contributed by atoms with Gasteiger partial charge in [-0.25, -0.2) is 0 Å². The normalized spacial score (nSPS) is 12.7. The molecule has 0 radical (unpaired) electrons. The molecule has 0 aliphatic heterocycles. The first-order valence-corrected chi connectivity index (χ1v) is 12.6. The number of carbonyl (C=O) groups is 1. The van der Waals surface area contributed by atoms with Gasteiger partial charge in [0.05, 0.1) is 0 Å². The average molecular weight is 253 g/mol. The van der Waals surface area contributed by atoms with Gasteiger partial charge in [0.1, 0.15) is 0 Å². The molecular formula is C9H21ClO2Si2. The van der Waals surface area contributed by atoms with E-state index in [9.17, 15) is 4.79 Å². The summed E-state index contributed by atoms with van der Waals surface area (Å²) in [6, 6.07) is 0.982. The van der Waals surface area contributed by atoms with Crippen molar-refractivity contribution in [3.05, 3.63) is 0 Å². The summed E-state index contributed by atoms with van der Waals surface area (Å²) in [6.07, 6.45) is 1.39. The van der Waals surface area contributed by atoms with E-state index in [1.165, 1.54) is 0 Å². The van der Waals surface area contributed by atoms with Crippen molar-refractivity contribution in [3.8, 4) is 0 Å². The number of rotatable bonds is 5. The van der Waals surface area contributed by atoms with E-state index in [1.807, 2.05) is 19.6 Å². The summed E-state index contributed by atoms with van der Waals surface area (Å²) in [7, 11) is -3.19. The zero-order chi connectivity index (χ0) is 11.4. The van der Waals surface area contributed by atoms with Crippen LogP contribution in [-0.4, -0.2) is 21.7 Å². The van der Waals surface area contributed by atoms with Crippen LogP contribution in [0.25, 0.3) is 0 Å². The van der Waals surface area contributed by atoms with Gasteiger partial charge in [-0.3, -0.25) is 4.79 Å². The van der Waals surface area contributed by atoms with Crippen LogP contribution in [0.2, 0.25) is 38.8 Å². The van der Waals surface area contributed by atoms with Crippen molar-refractivity contribution in [1.82, 2.24) is 0 Å². The fourth-order valence-corrected chi connectivity index (χ4v) is 3.25. The van der Waals surface area contributed by atoms with Crippen LogP contribution >= 0.6 is 11.1 Å². The van der Waals surface area contributed by atoms with Gasteiger partial charge in [0.15, 0.2) is 7.38 Å². The Morgan fingerprint density at radius 3 is 2.07 bits per heavy atom. The van der Waals surface area contributed by atoms with Crippen LogP contribution in [-0.2, 0) is 9.22 Å². The molecule has 0 saturated heterocycles. The largest absolute Gasteiger partial charge is 0.520 e. The molecule has 14 heavy (non-hydrogen) atoms. The Balaban J connectivity index is 3.66. The Hall–Kier alpha value is 0.194. The summed E-state index contributed by atoms with van der Waals surface area (Å²) < 4.78 is 5.32. The van der Waals surface area contributed by atoms with Crippen LogP contribution in [0, 0.1) is 0 Å². The second-order valence-corrected chi connectivity index (χ2v) is 16.6. The molecular weight excluding hydrogens is 232 g/mol. The van der Waals surface area contributed by atoms with Crippen molar-refractivity contribution < 1.29 is 9.22 Å². The van der Waals surface area contributed by atoms with Gasteiger partial charge in [-0.1, -0.05) is 13.1 Å². The van der Waals surface area contributed by atoms with E-state index in [1.54, 1.807) is 0 Å². The van der Waals surface area contributed by atoms with Gasteiger partial charge in [0, 0.05) is 6.42 Å². The zero-order valence-electron chi connectivity index (χ0n) is 9.82. The minimum Gasteiger partial charge on any atom is -0.520 e. The van der Waals surface area contributed by atoms with Gasteiger partial charge in [0.25, 0.3) is 5.97 Å². The number of hydrogen-bond donors (Lipinski definition) is 0. The topological polar surface area (TPSA) is 26.3 Å². The van der Waals surface area contributed by atoms with E-state index >= 15 is 0 Å². The molecule has 0 aliphatic rings. The van der Waals surface area contributed by atoms with Crippen molar-refractivity contribution >= 4 is 32.7 Å². The van der Waals surface area contributed by atoms with Crippen LogP contribution in [0.4, 0.5) is 0 Å². The van der Waals surface area contributed by atoms with E-state index in [4.69, 9.17) is 15.5 Å². The molecule has 0 rings (SSSR count). The lowest BCUT2D eigenvalue weighted by atomic mass is 10.3. The molecule has 0 heterocycles. The first kappa shape index (κ1) is 14.2. The molecule has 0 N–H and O–H groups in total. The van der Waals surface area contributed by atoms with Crippen LogP contribution in [0.15, 0.2) is 0 Å². The SMILES string of the molecule is C[Si](C)(Cl)CCCC(=O)O[Si](C)(C)C. The molecule has 84 valence electrons. The summed E-state index contributed by atoms with van der Waals surface area (Å²) in [6.45, 7) is 10.2. The molecule has 0 bridgehead atoms. The summed E-state index contributed by atoms with van der Waals surface area (Å²) in [4.78, 5) is 11.3. The summed E-state index contributed by atoms with van der Waals surface area (Å²) in [5, 5.41) is 0. The molecule has 0 unspecified atom stereocenters. The molecule has 0 aromatic carbocycles. The first-order valence-electron chi connectivity index (χ1n) is 5.01. The molecule has 0 aliphatic carbocycles. The van der Waals surface area contributed by atoms with Crippen molar-refractivity contribution in [3.63, 3.8) is 0 Å². The Labute approximate surface area is 93.8 Å². The minimum absolute atomic E-state index is 0.0564. The third-order valence-electron chi connectivity index (χ3n) is 1.57. The van der Waals surface area contributed by atoms with E-state index in [-0.39, 0.29) is 5.97 Å². The lowest BCUT2D eigenvalue weighted by molar-refractivity contribution is -0.135. The monoisotopic (exact) mass is 252 g/mol. The van der Waals surface area contributed by atoms with E-state index < -0.39 is 15.7 Å². The smallest absolute Gasteiger partial charge is 0.292 e. The zero-order valence-corrected chi connectivity index (χ0v) is 12.6. The Bertz CT molecular complexity index is 194. The minimum atomic E-state index is -1.69. The van der Waals surface area contributed by atoms with Gasteiger partial charge >= 0.3 is 0 Å². The molecule has 0 saturated carbocycles.